The van der Waals surface area contributed by atoms with Crippen LogP contribution in [0.3, 0.4) is 0 Å². The predicted molar refractivity (Wildman–Crippen MR) is 114 cm³/mol. The second-order valence-electron chi connectivity index (χ2n) is 8.14. The third-order valence-corrected chi connectivity index (χ3v) is 6.63. The van der Waals surface area contributed by atoms with Crippen LogP contribution in [0, 0.1) is 5.82 Å². The van der Waals surface area contributed by atoms with Gasteiger partial charge in [0.1, 0.15) is 5.82 Å². The van der Waals surface area contributed by atoms with Gasteiger partial charge in [0.2, 0.25) is 0 Å². The van der Waals surface area contributed by atoms with Crippen LogP contribution in [0.25, 0.3) is 10.9 Å². The monoisotopic (exact) mass is 379 g/mol. The molecular formula is C24H30FN3. The molecule has 3 aromatic rings. The van der Waals surface area contributed by atoms with Crippen LogP contribution in [0.4, 0.5) is 4.39 Å². The maximum absolute atomic E-state index is 13.5. The van der Waals surface area contributed by atoms with Crippen LogP contribution in [0.2, 0.25) is 0 Å². The zero-order valence-corrected chi connectivity index (χ0v) is 17.1. The second-order valence-corrected chi connectivity index (χ2v) is 8.14. The maximum Gasteiger partial charge on any atom is 0.123 e. The van der Waals surface area contributed by atoms with Gasteiger partial charge in [0, 0.05) is 28.2 Å². The number of fused-ring (bicyclic) bond motifs is 3. The van der Waals surface area contributed by atoms with Crippen LogP contribution in [0.15, 0.2) is 48.5 Å². The van der Waals surface area contributed by atoms with E-state index in [-0.39, 0.29) is 11.4 Å². The van der Waals surface area contributed by atoms with Crippen molar-refractivity contribution in [1.82, 2.24) is 15.2 Å². The van der Waals surface area contributed by atoms with E-state index in [1.165, 1.54) is 27.7 Å². The minimum Gasteiger partial charge on any atom is -0.357 e. The minimum absolute atomic E-state index is 0.0982. The molecule has 0 saturated heterocycles. The summed E-state index contributed by atoms with van der Waals surface area (Å²) in [6, 6.07) is 16.0. The summed E-state index contributed by atoms with van der Waals surface area (Å²) < 4.78 is 13.5. The van der Waals surface area contributed by atoms with Gasteiger partial charge in [-0.05, 0) is 75.6 Å². The van der Waals surface area contributed by atoms with Gasteiger partial charge >= 0.3 is 0 Å². The Hall–Kier alpha value is -2.17. The molecule has 28 heavy (non-hydrogen) atoms. The molecule has 2 N–H and O–H groups in total. The molecule has 2 aromatic carbocycles. The van der Waals surface area contributed by atoms with Gasteiger partial charge in [-0.25, -0.2) is 4.39 Å². The lowest BCUT2D eigenvalue weighted by Crippen LogP contribution is -2.42. The number of rotatable bonds is 6. The number of H-pyrrole nitrogens is 1. The highest BCUT2D eigenvalue weighted by Gasteiger charge is 2.34. The zero-order valence-electron chi connectivity index (χ0n) is 17.1. The fraction of sp³-hybridized carbons (Fsp3) is 0.417. The van der Waals surface area contributed by atoms with Crippen molar-refractivity contribution in [2.75, 3.05) is 20.6 Å². The van der Waals surface area contributed by atoms with Gasteiger partial charge in [-0.2, -0.15) is 0 Å². The van der Waals surface area contributed by atoms with Crippen molar-refractivity contribution in [3.8, 4) is 0 Å². The fourth-order valence-electron chi connectivity index (χ4n) is 4.97. The van der Waals surface area contributed by atoms with E-state index in [9.17, 15) is 4.39 Å². The van der Waals surface area contributed by atoms with Crippen LogP contribution in [-0.4, -0.2) is 30.5 Å². The second kappa shape index (κ2) is 7.69. The molecule has 2 atom stereocenters. The number of nitrogens with zero attached hydrogens (tertiary/aromatic N) is 1. The molecule has 1 aliphatic heterocycles. The van der Waals surface area contributed by atoms with Crippen LogP contribution < -0.4 is 5.32 Å². The van der Waals surface area contributed by atoms with Crippen LogP contribution in [0.5, 0.6) is 0 Å². The van der Waals surface area contributed by atoms with Crippen LogP contribution in [-0.2, 0) is 12.0 Å². The van der Waals surface area contributed by atoms with Gasteiger partial charge in [-0.3, -0.25) is 4.90 Å². The average Bonchev–Trinajstić information content (AvgIpc) is 3.09. The number of halogens is 1. The molecule has 0 fully saturated rings. The number of nitrogens with one attached hydrogen (secondary N) is 2. The third kappa shape index (κ3) is 3.25. The Balaban J connectivity index is 1.63. The number of aromatic nitrogens is 1. The fourth-order valence-corrected chi connectivity index (χ4v) is 4.97. The molecule has 3 nitrogen and oxygen atoms in total. The first kappa shape index (κ1) is 19.2. The van der Waals surface area contributed by atoms with Gasteiger partial charge in [-0.15, -0.1) is 0 Å². The van der Waals surface area contributed by atoms with Gasteiger partial charge < -0.3 is 10.3 Å². The lowest BCUT2D eigenvalue weighted by atomic mass is 9.80. The van der Waals surface area contributed by atoms with E-state index in [2.05, 4.69) is 60.5 Å². The topological polar surface area (TPSA) is 31.1 Å². The van der Waals surface area contributed by atoms with Crippen molar-refractivity contribution in [2.24, 2.45) is 0 Å². The lowest BCUT2D eigenvalue weighted by Gasteiger charge is -2.41. The first-order chi connectivity index (χ1) is 13.5. The van der Waals surface area contributed by atoms with Gasteiger partial charge in [0.25, 0.3) is 0 Å². The van der Waals surface area contributed by atoms with Crippen LogP contribution in [0.1, 0.15) is 49.0 Å². The molecule has 0 radical (unpaired) electrons. The molecule has 2 unspecified atom stereocenters. The highest BCUT2D eigenvalue weighted by Crippen LogP contribution is 2.39. The average molecular weight is 380 g/mol. The summed E-state index contributed by atoms with van der Waals surface area (Å²) in [4.78, 5) is 5.97. The molecule has 0 aliphatic carbocycles. The third-order valence-electron chi connectivity index (χ3n) is 6.63. The number of aromatic amines is 1. The van der Waals surface area contributed by atoms with E-state index in [1.54, 1.807) is 12.1 Å². The van der Waals surface area contributed by atoms with Gasteiger partial charge in [0.05, 0.1) is 0 Å². The van der Waals surface area contributed by atoms with Crippen molar-refractivity contribution in [3.05, 3.63) is 71.2 Å². The van der Waals surface area contributed by atoms with Gasteiger partial charge in [-0.1, -0.05) is 37.3 Å². The molecule has 0 bridgehead atoms. The molecule has 4 rings (SSSR count). The largest absolute Gasteiger partial charge is 0.357 e. The summed E-state index contributed by atoms with van der Waals surface area (Å²) >= 11 is 0. The van der Waals surface area contributed by atoms with E-state index >= 15 is 0 Å². The molecule has 2 heterocycles. The van der Waals surface area contributed by atoms with E-state index in [0.717, 1.165) is 32.2 Å². The number of hydrogen-bond donors (Lipinski definition) is 2. The highest BCUT2D eigenvalue weighted by atomic mass is 19.1. The zero-order chi connectivity index (χ0) is 19.7. The Kier molecular flexibility index (Phi) is 5.26. The highest BCUT2D eigenvalue weighted by molar-refractivity contribution is 5.85. The summed E-state index contributed by atoms with van der Waals surface area (Å²) in [5.41, 5.74) is 5.13. The van der Waals surface area contributed by atoms with Crippen molar-refractivity contribution >= 4 is 10.9 Å². The smallest absolute Gasteiger partial charge is 0.123 e. The first-order valence-electron chi connectivity index (χ1n) is 10.3. The molecule has 0 saturated carbocycles. The van der Waals surface area contributed by atoms with Crippen molar-refractivity contribution in [1.29, 1.82) is 0 Å². The number of hydrogen-bond acceptors (Lipinski definition) is 2. The number of para-hydroxylation sites is 1. The minimum atomic E-state index is -0.177. The Morgan fingerprint density at radius 2 is 1.86 bits per heavy atom. The molecule has 1 aliphatic rings. The first-order valence-corrected chi connectivity index (χ1v) is 10.3. The van der Waals surface area contributed by atoms with E-state index in [4.69, 9.17) is 0 Å². The summed E-state index contributed by atoms with van der Waals surface area (Å²) in [6.45, 7) is 3.24. The summed E-state index contributed by atoms with van der Waals surface area (Å²) in [5, 5.41) is 5.08. The standard InChI is InChI=1S/C24H30FN3/c1-4-24(28(2)3,17-9-11-18(25)12-10-17)15-13-22-23-20(14-16-26-22)19-7-5-6-8-21(19)27-23/h5-12,22,26-27H,4,13-16H2,1-3H3. The molecule has 4 heteroatoms. The number of benzene rings is 2. The van der Waals surface area contributed by atoms with E-state index in [1.807, 2.05) is 12.1 Å². The Bertz CT molecular complexity index is 944. The van der Waals surface area contributed by atoms with E-state index in [0.29, 0.717) is 6.04 Å². The quantitative estimate of drug-likeness (QED) is 0.621. The van der Waals surface area contributed by atoms with Crippen molar-refractivity contribution in [2.45, 2.75) is 44.2 Å². The van der Waals surface area contributed by atoms with E-state index < -0.39 is 0 Å². The molecular weight excluding hydrogens is 349 g/mol. The Morgan fingerprint density at radius 3 is 2.57 bits per heavy atom. The van der Waals surface area contributed by atoms with Crippen LogP contribution >= 0.6 is 0 Å². The molecule has 1 aromatic heterocycles. The Morgan fingerprint density at radius 1 is 1.11 bits per heavy atom. The summed E-state index contributed by atoms with van der Waals surface area (Å²) in [6.07, 6.45) is 4.09. The predicted octanol–water partition coefficient (Wildman–Crippen LogP) is 5.14. The van der Waals surface area contributed by atoms with Crippen molar-refractivity contribution < 1.29 is 4.39 Å². The lowest BCUT2D eigenvalue weighted by molar-refractivity contribution is 0.123. The maximum atomic E-state index is 13.5. The molecule has 148 valence electrons. The Labute approximate surface area is 166 Å². The SMILES string of the molecule is CCC(CCC1NCCc2c1[nH]c1ccccc21)(c1ccc(F)cc1)N(C)C. The normalized spacial score (nSPS) is 19.0. The van der Waals surface area contributed by atoms with Gasteiger partial charge in [0.15, 0.2) is 0 Å². The molecule has 0 spiro atoms. The summed E-state index contributed by atoms with van der Waals surface area (Å²) in [5.74, 6) is -0.177. The summed E-state index contributed by atoms with van der Waals surface area (Å²) in [7, 11) is 4.27. The van der Waals surface area contributed by atoms with Crippen molar-refractivity contribution in [3.63, 3.8) is 0 Å². The molecule has 0 amide bonds.